The number of nitrogens with one attached hydrogen (secondary N) is 1. The molecular weight excluding hydrogens is 338 g/mol. The summed E-state index contributed by atoms with van der Waals surface area (Å²) in [5.74, 6) is -3.52. The first-order valence-corrected chi connectivity index (χ1v) is 7.55. The molecule has 0 amide bonds. The number of nitrogens with zero attached hydrogens (tertiary/aromatic N) is 2. The van der Waals surface area contributed by atoms with Crippen LogP contribution in [0.3, 0.4) is 0 Å². The molecule has 2 rings (SSSR count). The highest BCUT2D eigenvalue weighted by molar-refractivity contribution is 7.90. The number of pyridine rings is 1. The zero-order chi connectivity index (χ0) is 16.8. The van der Waals surface area contributed by atoms with E-state index in [0.717, 1.165) is 0 Å². The van der Waals surface area contributed by atoms with Gasteiger partial charge in [0, 0.05) is 18.6 Å². The zero-order valence-electron chi connectivity index (χ0n) is 10.8. The molecule has 0 atom stereocenters. The molecule has 11 heteroatoms. The highest BCUT2D eigenvalue weighted by Crippen LogP contribution is 2.20. The van der Waals surface area contributed by atoms with Crippen LogP contribution in [0.4, 0.5) is 0 Å². The van der Waals surface area contributed by atoms with Gasteiger partial charge in [-0.3, -0.25) is 0 Å². The van der Waals surface area contributed by atoms with Crippen LogP contribution >= 0.6 is 11.6 Å². The quantitative estimate of drug-likeness (QED) is 0.682. The smallest absolute Gasteiger partial charge is 0.414 e. The van der Waals surface area contributed by atoms with Crippen LogP contribution in [0, 0.1) is 0 Å². The fourth-order valence-corrected chi connectivity index (χ4v) is 2.94. The number of imidazole rings is 1. The molecule has 0 aromatic carbocycles. The van der Waals surface area contributed by atoms with E-state index in [1.54, 1.807) is 12.3 Å². The molecule has 0 unspecified atom stereocenters. The summed E-state index contributed by atoms with van der Waals surface area (Å²) in [7, 11) is -3.55. The lowest BCUT2D eigenvalue weighted by atomic mass is 10.5. The van der Waals surface area contributed by atoms with Crippen LogP contribution in [0.5, 0.6) is 0 Å². The number of aliphatic carboxylic acids is 2. The number of rotatable bonds is 3. The minimum Gasteiger partial charge on any atom is -0.473 e. The monoisotopic (exact) mass is 347 g/mol. The topological polar surface area (TPSA) is 150 Å². The molecule has 3 N–H and O–H groups in total. The Morgan fingerprint density at radius 3 is 2.27 bits per heavy atom. The van der Waals surface area contributed by atoms with E-state index >= 15 is 0 Å². The number of halogens is 1. The highest BCUT2D eigenvalue weighted by atomic mass is 35.5. The number of H-pyrrole nitrogens is 1. The van der Waals surface area contributed by atoms with Crippen molar-refractivity contribution in [2.45, 2.75) is 10.8 Å². The Kier molecular flexibility index (Phi) is 6.01. The van der Waals surface area contributed by atoms with Crippen LogP contribution in [0.25, 0.3) is 0 Å². The van der Waals surface area contributed by atoms with E-state index in [9.17, 15) is 8.42 Å². The number of hydrogen-bond donors (Lipinski definition) is 3. The largest absolute Gasteiger partial charge is 0.473 e. The second-order valence-electron chi connectivity index (χ2n) is 3.70. The van der Waals surface area contributed by atoms with Gasteiger partial charge in [0.25, 0.3) is 0 Å². The minimum absolute atomic E-state index is 0.118. The summed E-state index contributed by atoms with van der Waals surface area (Å²) in [5, 5.41) is 14.8. The second-order valence-corrected chi connectivity index (χ2v) is 6.01. The van der Waals surface area contributed by atoms with Crippen molar-refractivity contribution in [3.63, 3.8) is 0 Å². The van der Waals surface area contributed by atoms with Crippen molar-refractivity contribution in [2.75, 3.05) is 0 Å². The van der Waals surface area contributed by atoms with Crippen LogP contribution in [-0.4, -0.2) is 45.5 Å². The molecule has 0 saturated heterocycles. The van der Waals surface area contributed by atoms with Gasteiger partial charge in [-0.1, -0.05) is 11.6 Å². The van der Waals surface area contributed by atoms with E-state index in [-0.39, 0.29) is 15.8 Å². The lowest BCUT2D eigenvalue weighted by Crippen LogP contribution is -2.09. The fourth-order valence-electron chi connectivity index (χ4n) is 1.23. The lowest BCUT2D eigenvalue weighted by molar-refractivity contribution is -0.159. The van der Waals surface area contributed by atoms with Crippen LogP contribution in [0.15, 0.2) is 35.7 Å². The van der Waals surface area contributed by atoms with E-state index in [4.69, 9.17) is 31.4 Å². The maximum atomic E-state index is 11.9. The van der Waals surface area contributed by atoms with Gasteiger partial charge < -0.3 is 15.2 Å². The Morgan fingerprint density at radius 2 is 1.82 bits per heavy atom. The third kappa shape index (κ3) is 5.14. The van der Waals surface area contributed by atoms with Gasteiger partial charge in [0.15, 0.2) is 5.03 Å². The van der Waals surface area contributed by atoms with Crippen molar-refractivity contribution < 1.29 is 28.2 Å². The standard InChI is InChI=1S/C9H8ClN3O2S.C2H2O4/c10-7-2-1-3-13-9(7)16(14,15)6-8-11-4-5-12-8;3-1(4)2(5)6/h1-5H,6H2,(H,11,12);(H,3,4)(H,5,6). The minimum atomic E-state index is -3.55. The molecule has 0 radical (unpaired) electrons. The van der Waals surface area contributed by atoms with Gasteiger partial charge in [0.2, 0.25) is 9.84 Å². The molecule has 0 bridgehead atoms. The van der Waals surface area contributed by atoms with Gasteiger partial charge in [-0.15, -0.1) is 0 Å². The maximum Gasteiger partial charge on any atom is 0.414 e. The molecule has 0 aliphatic rings. The predicted octanol–water partition coefficient (Wildman–Crippen LogP) is 0.588. The molecule has 118 valence electrons. The van der Waals surface area contributed by atoms with Crippen LogP contribution in [0.1, 0.15) is 5.82 Å². The predicted molar refractivity (Wildman–Crippen MR) is 74.0 cm³/mol. The van der Waals surface area contributed by atoms with Crippen molar-refractivity contribution in [1.29, 1.82) is 0 Å². The molecule has 0 fully saturated rings. The van der Waals surface area contributed by atoms with Crippen LogP contribution in [-0.2, 0) is 25.2 Å². The van der Waals surface area contributed by atoms with Crippen LogP contribution < -0.4 is 0 Å². The summed E-state index contributed by atoms with van der Waals surface area (Å²) in [5.41, 5.74) is 0. The number of hydrogen-bond acceptors (Lipinski definition) is 6. The van der Waals surface area contributed by atoms with E-state index in [1.165, 1.54) is 18.5 Å². The van der Waals surface area contributed by atoms with E-state index < -0.39 is 21.8 Å². The van der Waals surface area contributed by atoms with Gasteiger partial charge in [0.05, 0.1) is 5.02 Å². The molecule has 0 spiro atoms. The molecule has 9 nitrogen and oxygen atoms in total. The zero-order valence-corrected chi connectivity index (χ0v) is 12.4. The Morgan fingerprint density at radius 1 is 1.18 bits per heavy atom. The number of sulfone groups is 1. The van der Waals surface area contributed by atoms with Crippen molar-refractivity contribution >= 4 is 33.4 Å². The normalized spacial score (nSPS) is 10.4. The third-order valence-corrected chi connectivity index (χ3v) is 4.07. The Bertz CT molecular complexity index is 748. The van der Waals surface area contributed by atoms with Gasteiger partial charge in [0.1, 0.15) is 11.6 Å². The van der Waals surface area contributed by atoms with E-state index in [0.29, 0.717) is 5.82 Å². The van der Waals surface area contributed by atoms with Crippen molar-refractivity contribution in [3.05, 3.63) is 41.6 Å². The first-order chi connectivity index (χ1) is 10.2. The Labute approximate surface area is 129 Å². The SMILES string of the molecule is O=C(O)C(=O)O.O=S(=O)(Cc1ncc[nH]1)c1ncccc1Cl. The van der Waals surface area contributed by atoms with Crippen LogP contribution in [0.2, 0.25) is 5.02 Å². The second kappa shape index (κ2) is 7.52. The first kappa shape index (κ1) is 17.6. The summed E-state index contributed by atoms with van der Waals surface area (Å²) in [6, 6.07) is 3.07. The molecule has 2 heterocycles. The average molecular weight is 348 g/mol. The van der Waals surface area contributed by atoms with Gasteiger partial charge in [-0.25, -0.2) is 28.0 Å². The molecule has 2 aromatic rings. The summed E-state index contributed by atoms with van der Waals surface area (Å²) in [6.07, 6.45) is 4.44. The van der Waals surface area contributed by atoms with E-state index in [2.05, 4.69) is 15.0 Å². The first-order valence-electron chi connectivity index (χ1n) is 5.52. The molecule has 2 aromatic heterocycles. The fraction of sp³-hybridized carbons (Fsp3) is 0.0909. The number of carboxylic acids is 2. The third-order valence-electron chi connectivity index (χ3n) is 2.08. The lowest BCUT2D eigenvalue weighted by Gasteiger charge is -2.02. The van der Waals surface area contributed by atoms with Crippen molar-refractivity contribution in [2.24, 2.45) is 0 Å². The maximum absolute atomic E-state index is 11.9. The number of aromatic amines is 1. The molecular formula is C11H10ClN3O6S. The highest BCUT2D eigenvalue weighted by Gasteiger charge is 2.21. The van der Waals surface area contributed by atoms with Gasteiger partial charge in [-0.05, 0) is 12.1 Å². The summed E-state index contributed by atoms with van der Waals surface area (Å²) in [6.45, 7) is 0. The Hall–Kier alpha value is -2.46. The summed E-state index contributed by atoms with van der Waals surface area (Å²) >= 11 is 5.78. The number of carboxylic acid groups (broad SMARTS) is 2. The average Bonchev–Trinajstić information content (AvgIpc) is 2.91. The van der Waals surface area contributed by atoms with Gasteiger partial charge in [-0.2, -0.15) is 0 Å². The van der Waals surface area contributed by atoms with Gasteiger partial charge >= 0.3 is 11.9 Å². The Balaban J connectivity index is 0.000000346. The molecule has 0 aliphatic carbocycles. The molecule has 22 heavy (non-hydrogen) atoms. The number of aromatic nitrogens is 3. The van der Waals surface area contributed by atoms with Crippen molar-refractivity contribution in [1.82, 2.24) is 15.0 Å². The van der Waals surface area contributed by atoms with E-state index in [1.807, 2.05) is 0 Å². The summed E-state index contributed by atoms with van der Waals surface area (Å²) < 4.78 is 23.8. The molecule has 0 saturated carbocycles. The summed E-state index contributed by atoms with van der Waals surface area (Å²) in [4.78, 5) is 28.5. The number of carbonyl (C=O) groups is 2. The van der Waals surface area contributed by atoms with Crippen molar-refractivity contribution in [3.8, 4) is 0 Å². The molecule has 0 aliphatic heterocycles.